The van der Waals surface area contributed by atoms with Crippen molar-refractivity contribution in [3.8, 4) is 6.07 Å². The minimum absolute atomic E-state index is 0.260. The molecule has 0 saturated carbocycles. The Morgan fingerprint density at radius 1 is 1.30 bits per heavy atom. The molecule has 0 aromatic heterocycles. The number of carbonyl (C=O) groups is 1. The lowest BCUT2D eigenvalue weighted by atomic mass is 10.1. The molecule has 0 atom stereocenters. The van der Waals surface area contributed by atoms with E-state index < -0.39 is 5.97 Å². The molecule has 0 saturated heterocycles. The van der Waals surface area contributed by atoms with Crippen molar-refractivity contribution < 1.29 is 9.90 Å². The number of nitrogens with zero attached hydrogens (tertiary/aromatic N) is 1. The van der Waals surface area contributed by atoms with Gasteiger partial charge in [0.1, 0.15) is 6.07 Å². The highest BCUT2D eigenvalue weighted by Gasteiger charge is 2.10. The van der Waals surface area contributed by atoms with Crippen molar-refractivity contribution in [2.45, 2.75) is 16.7 Å². The van der Waals surface area contributed by atoms with Crippen molar-refractivity contribution in [2.75, 3.05) is 0 Å². The van der Waals surface area contributed by atoms with Gasteiger partial charge in [-0.3, -0.25) is 0 Å². The molecule has 2 aromatic carbocycles. The number of hydrogen-bond donors (Lipinski definition) is 1. The number of aryl methyl sites for hydroxylation is 1. The molecule has 0 heterocycles. The standard InChI is InChI=1S/C15H10ClNO2S/c1-9-2-5-12(7-13(9)15(18)19)20-14-6-11(16)4-3-10(14)8-17/h2-7H,1H3,(H,18,19). The SMILES string of the molecule is Cc1ccc(Sc2cc(Cl)ccc2C#N)cc1C(=O)O. The smallest absolute Gasteiger partial charge is 0.335 e. The van der Waals surface area contributed by atoms with Crippen molar-refractivity contribution in [3.05, 3.63) is 58.1 Å². The van der Waals surface area contributed by atoms with Crippen LogP contribution in [-0.2, 0) is 0 Å². The van der Waals surface area contributed by atoms with Crippen molar-refractivity contribution >= 4 is 29.3 Å². The van der Waals surface area contributed by atoms with Gasteiger partial charge in [0.25, 0.3) is 0 Å². The zero-order valence-electron chi connectivity index (χ0n) is 10.6. The Morgan fingerprint density at radius 3 is 2.70 bits per heavy atom. The van der Waals surface area contributed by atoms with E-state index in [2.05, 4.69) is 6.07 Å². The molecule has 100 valence electrons. The second kappa shape index (κ2) is 6.00. The first-order valence-electron chi connectivity index (χ1n) is 5.72. The van der Waals surface area contributed by atoms with E-state index in [1.54, 1.807) is 37.3 Å². The van der Waals surface area contributed by atoms with Gasteiger partial charge in [0, 0.05) is 14.8 Å². The molecule has 0 aliphatic carbocycles. The Morgan fingerprint density at radius 2 is 2.05 bits per heavy atom. The number of benzene rings is 2. The Bertz CT molecular complexity index is 722. The first-order valence-corrected chi connectivity index (χ1v) is 6.92. The van der Waals surface area contributed by atoms with Gasteiger partial charge in [0.05, 0.1) is 11.1 Å². The van der Waals surface area contributed by atoms with Crippen molar-refractivity contribution in [3.63, 3.8) is 0 Å². The molecule has 0 bridgehead atoms. The number of aromatic carboxylic acids is 1. The highest BCUT2D eigenvalue weighted by atomic mass is 35.5. The second-order valence-electron chi connectivity index (χ2n) is 4.14. The molecule has 0 aliphatic rings. The summed E-state index contributed by atoms with van der Waals surface area (Å²) in [6.45, 7) is 1.75. The van der Waals surface area contributed by atoms with Crippen LogP contribution in [0.5, 0.6) is 0 Å². The molecule has 0 aliphatic heterocycles. The van der Waals surface area contributed by atoms with Crippen molar-refractivity contribution in [1.82, 2.24) is 0 Å². The summed E-state index contributed by atoms with van der Waals surface area (Å²) in [5.74, 6) is -0.962. The molecule has 0 spiro atoms. The average Bonchev–Trinajstić information content (AvgIpc) is 2.41. The molecular weight excluding hydrogens is 294 g/mol. The summed E-state index contributed by atoms with van der Waals surface area (Å²) in [4.78, 5) is 12.6. The third-order valence-electron chi connectivity index (χ3n) is 2.73. The normalized spacial score (nSPS) is 10.1. The first kappa shape index (κ1) is 14.4. The summed E-state index contributed by atoms with van der Waals surface area (Å²) < 4.78 is 0. The average molecular weight is 304 g/mol. The molecule has 5 heteroatoms. The minimum Gasteiger partial charge on any atom is -0.478 e. The third kappa shape index (κ3) is 3.13. The highest BCUT2D eigenvalue weighted by Crippen LogP contribution is 2.33. The molecule has 20 heavy (non-hydrogen) atoms. The lowest BCUT2D eigenvalue weighted by Gasteiger charge is -2.07. The van der Waals surface area contributed by atoms with Crippen LogP contribution in [0.3, 0.4) is 0 Å². The van der Waals surface area contributed by atoms with Crippen LogP contribution in [0.2, 0.25) is 5.02 Å². The maximum absolute atomic E-state index is 11.1. The number of carboxylic acids is 1. The fourth-order valence-electron chi connectivity index (χ4n) is 1.69. The summed E-state index contributed by atoms with van der Waals surface area (Å²) in [5.41, 5.74) is 1.47. The second-order valence-corrected chi connectivity index (χ2v) is 5.69. The van der Waals surface area contributed by atoms with Crippen LogP contribution in [0.25, 0.3) is 0 Å². The summed E-state index contributed by atoms with van der Waals surface area (Å²) >= 11 is 7.25. The number of hydrogen-bond acceptors (Lipinski definition) is 3. The largest absolute Gasteiger partial charge is 0.478 e. The number of nitriles is 1. The number of carboxylic acid groups (broad SMARTS) is 1. The molecular formula is C15H10ClNO2S. The van der Waals surface area contributed by atoms with Gasteiger partial charge in [0.2, 0.25) is 0 Å². The van der Waals surface area contributed by atoms with Crippen molar-refractivity contribution in [1.29, 1.82) is 5.26 Å². The van der Waals surface area contributed by atoms with E-state index in [0.29, 0.717) is 21.0 Å². The summed E-state index contributed by atoms with van der Waals surface area (Å²) in [5, 5.41) is 18.7. The molecule has 0 unspecified atom stereocenters. The van der Waals surface area contributed by atoms with E-state index >= 15 is 0 Å². The fraction of sp³-hybridized carbons (Fsp3) is 0.0667. The van der Waals surface area contributed by atoms with Crippen LogP contribution in [0.1, 0.15) is 21.5 Å². The topological polar surface area (TPSA) is 61.1 Å². The van der Waals surface area contributed by atoms with E-state index in [1.165, 1.54) is 11.8 Å². The van der Waals surface area contributed by atoms with Crippen LogP contribution in [0.15, 0.2) is 46.2 Å². The first-order chi connectivity index (χ1) is 9.51. The van der Waals surface area contributed by atoms with Gasteiger partial charge in [-0.05, 0) is 42.8 Å². The molecule has 2 rings (SSSR count). The Labute approximate surface area is 125 Å². The molecule has 0 fully saturated rings. The minimum atomic E-state index is -0.962. The maximum Gasteiger partial charge on any atom is 0.335 e. The van der Waals surface area contributed by atoms with Gasteiger partial charge in [0.15, 0.2) is 0 Å². The third-order valence-corrected chi connectivity index (χ3v) is 4.01. The summed E-state index contributed by atoms with van der Waals surface area (Å²) in [6, 6.07) is 12.3. The van der Waals surface area contributed by atoms with Gasteiger partial charge in [-0.2, -0.15) is 5.26 Å². The summed E-state index contributed by atoms with van der Waals surface area (Å²) in [7, 11) is 0. The Kier molecular flexibility index (Phi) is 4.33. The van der Waals surface area contributed by atoms with Gasteiger partial charge >= 0.3 is 5.97 Å². The maximum atomic E-state index is 11.1. The number of halogens is 1. The number of rotatable bonds is 3. The lowest BCUT2D eigenvalue weighted by Crippen LogP contribution is -1.99. The highest BCUT2D eigenvalue weighted by molar-refractivity contribution is 7.99. The fourth-order valence-corrected chi connectivity index (χ4v) is 2.91. The van der Waals surface area contributed by atoms with Crippen LogP contribution < -0.4 is 0 Å². The van der Waals surface area contributed by atoms with E-state index in [9.17, 15) is 4.79 Å². The van der Waals surface area contributed by atoms with E-state index in [0.717, 1.165) is 4.90 Å². The molecule has 1 N–H and O–H groups in total. The summed E-state index contributed by atoms with van der Waals surface area (Å²) in [6.07, 6.45) is 0. The van der Waals surface area contributed by atoms with Crippen LogP contribution in [0.4, 0.5) is 0 Å². The molecule has 0 amide bonds. The van der Waals surface area contributed by atoms with Gasteiger partial charge < -0.3 is 5.11 Å². The Balaban J connectivity index is 2.40. The van der Waals surface area contributed by atoms with Gasteiger partial charge in [-0.25, -0.2) is 4.79 Å². The lowest BCUT2D eigenvalue weighted by molar-refractivity contribution is 0.0696. The quantitative estimate of drug-likeness (QED) is 0.914. The van der Waals surface area contributed by atoms with Crippen LogP contribution in [0, 0.1) is 18.3 Å². The van der Waals surface area contributed by atoms with Gasteiger partial charge in [-0.1, -0.05) is 29.4 Å². The monoisotopic (exact) mass is 303 g/mol. The molecule has 2 aromatic rings. The molecule has 0 radical (unpaired) electrons. The van der Waals surface area contributed by atoms with Crippen LogP contribution >= 0.6 is 23.4 Å². The predicted octanol–water partition coefficient (Wildman–Crippen LogP) is 4.37. The zero-order chi connectivity index (χ0) is 14.7. The van der Waals surface area contributed by atoms with Gasteiger partial charge in [-0.15, -0.1) is 0 Å². The van der Waals surface area contributed by atoms with E-state index in [4.69, 9.17) is 22.0 Å². The Hall–Kier alpha value is -1.96. The molecule has 3 nitrogen and oxygen atoms in total. The van der Waals surface area contributed by atoms with Crippen LogP contribution in [-0.4, -0.2) is 11.1 Å². The zero-order valence-corrected chi connectivity index (χ0v) is 12.1. The van der Waals surface area contributed by atoms with E-state index in [1.807, 2.05) is 6.07 Å². The van der Waals surface area contributed by atoms with E-state index in [-0.39, 0.29) is 5.56 Å². The van der Waals surface area contributed by atoms with Crippen molar-refractivity contribution in [2.24, 2.45) is 0 Å². The predicted molar refractivity (Wildman–Crippen MR) is 78.4 cm³/mol.